The van der Waals surface area contributed by atoms with Crippen molar-refractivity contribution in [3.05, 3.63) is 35.9 Å². The molecule has 2 aliphatic rings. The lowest BCUT2D eigenvalue weighted by Crippen LogP contribution is -2.58. The number of ether oxygens (including phenoxy) is 3. The Bertz CT molecular complexity index is 933. The van der Waals surface area contributed by atoms with Crippen molar-refractivity contribution in [2.45, 2.75) is 96.4 Å². The van der Waals surface area contributed by atoms with Gasteiger partial charge in [0.25, 0.3) is 5.91 Å². The van der Waals surface area contributed by atoms with Gasteiger partial charge in [0.05, 0.1) is 18.2 Å². The molecule has 9 nitrogen and oxygen atoms in total. The summed E-state index contributed by atoms with van der Waals surface area (Å²) in [6.07, 6.45) is -7.90. The molecule has 1 aromatic rings. The predicted octanol–water partition coefficient (Wildman–Crippen LogP) is 3.55. The second kappa shape index (κ2) is 9.14. The summed E-state index contributed by atoms with van der Waals surface area (Å²) in [6.45, 7) is 11.3. The number of carbonyl (C=O) groups is 3. The van der Waals surface area contributed by atoms with Crippen LogP contribution in [0.25, 0.3) is 0 Å². The van der Waals surface area contributed by atoms with Gasteiger partial charge in [-0.3, -0.25) is 9.69 Å². The summed E-state index contributed by atoms with van der Waals surface area (Å²) in [7, 11) is 0. The van der Waals surface area contributed by atoms with Crippen LogP contribution in [0.1, 0.15) is 60.1 Å². The first-order valence-electron chi connectivity index (χ1n) is 11.3. The number of cyclic esters (lactones) is 1. The second-order valence-electron chi connectivity index (χ2n) is 10.2. The zero-order valence-corrected chi connectivity index (χ0v) is 20.5. The lowest BCUT2D eigenvalue weighted by molar-refractivity contribution is -0.141. The summed E-state index contributed by atoms with van der Waals surface area (Å²) in [5, 5.41) is 10.9. The number of hydrogen-bond donors (Lipinski definition) is 1. The van der Waals surface area contributed by atoms with Gasteiger partial charge in [0, 0.05) is 0 Å². The van der Waals surface area contributed by atoms with Crippen molar-refractivity contribution in [2.24, 2.45) is 0 Å². The van der Waals surface area contributed by atoms with E-state index in [-0.39, 0.29) is 0 Å². The van der Waals surface area contributed by atoms with Gasteiger partial charge < -0.3 is 19.3 Å². The average molecular weight is 481 g/mol. The molecule has 2 saturated heterocycles. The highest BCUT2D eigenvalue weighted by atomic mass is 19.1. The molecular formula is C24H33FN2O7. The topological polar surface area (TPSA) is 106 Å². The molecule has 188 valence electrons. The van der Waals surface area contributed by atoms with E-state index in [1.165, 1.54) is 0 Å². The van der Waals surface area contributed by atoms with Crippen LogP contribution in [0.4, 0.5) is 14.0 Å². The Balaban J connectivity index is 1.82. The van der Waals surface area contributed by atoms with Crippen LogP contribution in [-0.2, 0) is 19.0 Å². The number of carbonyl (C=O) groups excluding carboxylic acids is 3. The summed E-state index contributed by atoms with van der Waals surface area (Å²) < 4.78 is 32.0. The van der Waals surface area contributed by atoms with Crippen LogP contribution >= 0.6 is 0 Å². The van der Waals surface area contributed by atoms with Crippen LogP contribution in [0.5, 0.6) is 0 Å². The van der Waals surface area contributed by atoms with E-state index < -0.39 is 66.0 Å². The molecular weight excluding hydrogens is 447 g/mol. The SMILES string of the molecule is C[C@H]1OC(C)(C)N(C(=O)OC(C)(C)C)[C@H]1[C@@H](O)[C@H](F)C(=O)N1C(=O)O[C@H](c2ccccc2)[C@@H]1C. The standard InChI is InChI=1S/C24H33FN2O7/c1-13-19(15-11-9-8-10-12-15)32-21(30)26(13)20(29)16(25)18(28)17-14(2)33-24(6,7)27(17)22(31)34-23(3,4)5/h8-14,16-19,28H,1-7H3/t13-,14+,16-,17+,18-,19-/m0/s1. The Kier molecular flexibility index (Phi) is 6.96. The van der Waals surface area contributed by atoms with Crippen molar-refractivity contribution >= 4 is 18.1 Å². The first kappa shape index (κ1) is 25.9. The van der Waals surface area contributed by atoms with E-state index >= 15 is 4.39 Å². The van der Waals surface area contributed by atoms with Crippen molar-refractivity contribution in [2.75, 3.05) is 0 Å². The van der Waals surface area contributed by atoms with Crippen molar-refractivity contribution in [1.82, 2.24) is 9.80 Å². The van der Waals surface area contributed by atoms with Gasteiger partial charge in [-0.05, 0) is 54.0 Å². The molecule has 2 heterocycles. The predicted molar refractivity (Wildman–Crippen MR) is 119 cm³/mol. The van der Waals surface area contributed by atoms with E-state index in [9.17, 15) is 19.5 Å². The van der Waals surface area contributed by atoms with Crippen LogP contribution in [0.15, 0.2) is 30.3 Å². The minimum atomic E-state index is -2.51. The maximum Gasteiger partial charge on any atom is 0.417 e. The quantitative estimate of drug-likeness (QED) is 0.702. The molecule has 0 saturated carbocycles. The molecule has 6 atom stereocenters. The third-order valence-corrected chi connectivity index (χ3v) is 5.94. The number of benzene rings is 1. The van der Waals surface area contributed by atoms with Gasteiger partial charge in [-0.25, -0.2) is 18.9 Å². The van der Waals surface area contributed by atoms with Crippen LogP contribution in [0.3, 0.4) is 0 Å². The van der Waals surface area contributed by atoms with Crippen LogP contribution in [0.2, 0.25) is 0 Å². The Labute approximate surface area is 198 Å². The fraction of sp³-hybridized carbons (Fsp3) is 0.625. The third kappa shape index (κ3) is 4.88. The fourth-order valence-corrected chi connectivity index (χ4v) is 4.53. The monoisotopic (exact) mass is 480 g/mol. The zero-order valence-electron chi connectivity index (χ0n) is 20.5. The molecule has 2 fully saturated rings. The Morgan fingerprint density at radius 2 is 1.76 bits per heavy atom. The van der Waals surface area contributed by atoms with Crippen LogP contribution in [0, 0.1) is 0 Å². The van der Waals surface area contributed by atoms with E-state index in [4.69, 9.17) is 14.2 Å². The smallest absolute Gasteiger partial charge is 0.417 e. The summed E-state index contributed by atoms with van der Waals surface area (Å²) in [4.78, 5) is 40.2. The molecule has 1 aromatic carbocycles. The molecule has 0 bridgehead atoms. The summed E-state index contributed by atoms with van der Waals surface area (Å²) in [5.74, 6) is -1.25. The van der Waals surface area contributed by atoms with E-state index in [1.807, 2.05) is 0 Å². The highest BCUT2D eigenvalue weighted by molar-refractivity contribution is 5.96. The van der Waals surface area contributed by atoms with Crippen LogP contribution < -0.4 is 0 Å². The second-order valence-corrected chi connectivity index (χ2v) is 10.2. The van der Waals surface area contributed by atoms with Crippen molar-refractivity contribution in [3.63, 3.8) is 0 Å². The normalized spacial score (nSPS) is 28.4. The molecule has 2 aliphatic heterocycles. The van der Waals surface area contributed by atoms with E-state index in [2.05, 4.69) is 0 Å². The largest absolute Gasteiger partial charge is 0.444 e. The Hall–Kier alpha value is -2.72. The van der Waals surface area contributed by atoms with E-state index in [1.54, 1.807) is 78.8 Å². The molecule has 3 amide bonds. The highest BCUT2D eigenvalue weighted by Crippen LogP contribution is 2.38. The summed E-state index contributed by atoms with van der Waals surface area (Å²) in [6, 6.07) is 6.76. The van der Waals surface area contributed by atoms with Gasteiger partial charge in [0.15, 0.2) is 0 Å². The molecule has 0 unspecified atom stereocenters. The van der Waals surface area contributed by atoms with Gasteiger partial charge in [0.1, 0.15) is 23.5 Å². The van der Waals surface area contributed by atoms with E-state index in [0.29, 0.717) is 10.5 Å². The Morgan fingerprint density at radius 3 is 2.32 bits per heavy atom. The lowest BCUT2D eigenvalue weighted by atomic mass is 9.98. The number of nitrogens with zero attached hydrogens (tertiary/aromatic N) is 2. The number of alkyl halides is 1. The average Bonchev–Trinajstić information content (AvgIpc) is 3.16. The van der Waals surface area contributed by atoms with Crippen LogP contribution in [-0.4, -0.2) is 74.8 Å². The number of rotatable bonds is 4. The molecule has 1 N–H and O–H groups in total. The number of amides is 3. The van der Waals surface area contributed by atoms with Gasteiger partial charge in [0.2, 0.25) is 6.17 Å². The maximum absolute atomic E-state index is 15.5. The van der Waals surface area contributed by atoms with Crippen molar-refractivity contribution in [1.29, 1.82) is 0 Å². The minimum Gasteiger partial charge on any atom is -0.444 e. The number of aliphatic hydroxyl groups excluding tert-OH is 1. The molecule has 0 spiro atoms. The lowest BCUT2D eigenvalue weighted by Gasteiger charge is -2.37. The number of hydrogen-bond acceptors (Lipinski definition) is 7. The minimum absolute atomic E-state index is 0.658. The summed E-state index contributed by atoms with van der Waals surface area (Å²) in [5.41, 5.74) is -1.42. The number of imide groups is 1. The van der Waals surface area contributed by atoms with Gasteiger partial charge in [-0.15, -0.1) is 0 Å². The van der Waals surface area contributed by atoms with E-state index in [0.717, 1.165) is 4.90 Å². The molecule has 0 aromatic heterocycles. The first-order valence-corrected chi connectivity index (χ1v) is 11.3. The van der Waals surface area contributed by atoms with Gasteiger partial charge in [-0.1, -0.05) is 30.3 Å². The highest BCUT2D eigenvalue weighted by Gasteiger charge is 2.56. The molecule has 10 heteroatoms. The number of aliphatic hydroxyl groups is 1. The van der Waals surface area contributed by atoms with Gasteiger partial charge >= 0.3 is 12.2 Å². The first-order chi connectivity index (χ1) is 15.7. The third-order valence-electron chi connectivity index (χ3n) is 5.94. The Morgan fingerprint density at radius 1 is 1.18 bits per heavy atom. The molecule has 0 radical (unpaired) electrons. The van der Waals surface area contributed by atoms with Crippen molar-refractivity contribution < 1.29 is 38.1 Å². The maximum atomic E-state index is 15.5. The van der Waals surface area contributed by atoms with Crippen molar-refractivity contribution in [3.8, 4) is 0 Å². The fourth-order valence-electron chi connectivity index (χ4n) is 4.53. The van der Waals surface area contributed by atoms with Gasteiger partial charge in [-0.2, -0.15) is 0 Å². The summed E-state index contributed by atoms with van der Waals surface area (Å²) >= 11 is 0. The zero-order chi connectivity index (χ0) is 25.6. The molecule has 34 heavy (non-hydrogen) atoms. The number of halogens is 1. The molecule has 3 rings (SSSR count). The molecule has 0 aliphatic carbocycles.